The van der Waals surface area contributed by atoms with Gasteiger partial charge in [-0.05, 0) is 83.0 Å². The average molecular weight is 441 g/mol. The van der Waals surface area contributed by atoms with Gasteiger partial charge in [0.2, 0.25) is 6.61 Å². The van der Waals surface area contributed by atoms with Crippen molar-refractivity contribution in [1.29, 1.82) is 0 Å². The number of oxime groups is 1. The Morgan fingerprint density at radius 1 is 1.28 bits per heavy atom. The van der Waals surface area contributed by atoms with Crippen LogP contribution in [0.25, 0.3) is 0 Å². The lowest BCUT2D eigenvalue weighted by molar-refractivity contribution is -0.160. The summed E-state index contributed by atoms with van der Waals surface area (Å²) in [4.78, 5) is 19.4. The van der Waals surface area contributed by atoms with Crippen molar-refractivity contribution in [3.63, 3.8) is 0 Å². The molecule has 7 heteroatoms. The highest BCUT2D eigenvalue weighted by molar-refractivity contribution is 6.42. The van der Waals surface area contributed by atoms with E-state index in [-0.39, 0.29) is 6.61 Å². The summed E-state index contributed by atoms with van der Waals surface area (Å²) in [7, 11) is 2.22. The number of hydrogen-bond acceptors (Lipinski definition) is 5. The van der Waals surface area contributed by atoms with Crippen LogP contribution < -0.4 is 0 Å². The molecule has 2 saturated heterocycles. The molecule has 2 fully saturated rings. The molecule has 0 saturated carbocycles. The van der Waals surface area contributed by atoms with Gasteiger partial charge < -0.3 is 14.5 Å². The van der Waals surface area contributed by atoms with Gasteiger partial charge in [-0.1, -0.05) is 34.4 Å². The third kappa shape index (κ3) is 5.65. The molecular formula is C22H30Cl2N2O3. The summed E-state index contributed by atoms with van der Waals surface area (Å²) in [6.07, 6.45) is 6.08. The molecule has 0 N–H and O–H groups in total. The average Bonchev–Trinajstić information content (AvgIpc) is 2.86. The zero-order valence-electron chi connectivity index (χ0n) is 17.5. The van der Waals surface area contributed by atoms with Gasteiger partial charge in [0.25, 0.3) is 0 Å². The number of rotatable bonds is 6. The number of ether oxygens (including phenoxy) is 1. The van der Waals surface area contributed by atoms with Crippen LogP contribution in [0.1, 0.15) is 57.9 Å². The fraction of sp³-hybridized carbons (Fsp3) is 0.636. The Balaban J connectivity index is 1.64. The molecule has 160 valence electrons. The molecule has 0 aliphatic carbocycles. The molecule has 0 radical (unpaired) electrons. The van der Waals surface area contributed by atoms with E-state index in [1.165, 1.54) is 18.4 Å². The van der Waals surface area contributed by atoms with Crippen molar-refractivity contribution in [3.8, 4) is 0 Å². The van der Waals surface area contributed by atoms with Crippen LogP contribution in [-0.2, 0) is 14.4 Å². The Labute approximate surface area is 183 Å². The second-order valence-electron chi connectivity index (χ2n) is 9.03. The first kappa shape index (κ1) is 22.4. The summed E-state index contributed by atoms with van der Waals surface area (Å²) in [6, 6.07) is 7.09. The minimum Gasteiger partial charge on any atom is -0.457 e. The molecule has 3 rings (SSSR count). The first-order chi connectivity index (χ1) is 13.7. The largest absolute Gasteiger partial charge is 0.457 e. The molecule has 2 bridgehead atoms. The fourth-order valence-electron chi connectivity index (χ4n) is 4.70. The predicted octanol–water partition coefficient (Wildman–Crippen LogP) is 5.29. The zero-order valence-corrected chi connectivity index (χ0v) is 19.0. The van der Waals surface area contributed by atoms with Gasteiger partial charge in [0.05, 0.1) is 10.0 Å². The first-order valence-electron chi connectivity index (χ1n) is 10.2. The van der Waals surface area contributed by atoms with E-state index in [1.807, 2.05) is 32.9 Å². The Bertz CT molecular complexity index is 763. The fourth-order valence-corrected chi connectivity index (χ4v) is 5.01. The van der Waals surface area contributed by atoms with Crippen LogP contribution in [-0.4, -0.2) is 48.4 Å². The molecular weight excluding hydrogens is 411 g/mol. The molecule has 0 aromatic heterocycles. The van der Waals surface area contributed by atoms with Crippen molar-refractivity contribution in [3.05, 3.63) is 33.8 Å². The topological polar surface area (TPSA) is 51.1 Å². The van der Waals surface area contributed by atoms with Crippen molar-refractivity contribution in [1.82, 2.24) is 4.90 Å². The van der Waals surface area contributed by atoms with Gasteiger partial charge in [-0.25, -0.2) is 4.79 Å². The number of piperidine rings is 1. The van der Waals surface area contributed by atoms with Crippen molar-refractivity contribution in [2.45, 2.75) is 70.1 Å². The second kappa shape index (κ2) is 9.23. The van der Waals surface area contributed by atoms with Crippen LogP contribution in [0.3, 0.4) is 0 Å². The third-order valence-corrected chi connectivity index (χ3v) is 6.67. The van der Waals surface area contributed by atoms with E-state index in [1.54, 1.807) is 6.21 Å². The van der Waals surface area contributed by atoms with Gasteiger partial charge in [-0.15, -0.1) is 0 Å². The summed E-state index contributed by atoms with van der Waals surface area (Å²) in [5.41, 5.74) is 0.709. The summed E-state index contributed by atoms with van der Waals surface area (Å²) in [6.45, 7) is 5.30. The van der Waals surface area contributed by atoms with Crippen LogP contribution in [0.5, 0.6) is 0 Å². The Kier molecular flexibility index (Phi) is 7.13. The van der Waals surface area contributed by atoms with Crippen LogP contribution in [0.2, 0.25) is 10.0 Å². The highest BCUT2D eigenvalue weighted by atomic mass is 35.5. The molecule has 2 aliphatic heterocycles. The number of halogens is 2. The molecule has 5 nitrogen and oxygen atoms in total. The normalized spacial score (nSPS) is 27.4. The minimum absolute atomic E-state index is 0.180. The lowest BCUT2D eigenvalue weighted by Gasteiger charge is -2.43. The molecule has 4 atom stereocenters. The van der Waals surface area contributed by atoms with Gasteiger partial charge in [-0.3, -0.25) is 0 Å². The van der Waals surface area contributed by atoms with Crippen LogP contribution in [0.4, 0.5) is 0 Å². The first-order valence-corrected chi connectivity index (χ1v) is 10.9. The van der Waals surface area contributed by atoms with E-state index in [2.05, 4.69) is 23.2 Å². The van der Waals surface area contributed by atoms with E-state index < -0.39 is 11.6 Å². The lowest BCUT2D eigenvalue weighted by atomic mass is 9.75. The van der Waals surface area contributed by atoms with Gasteiger partial charge in [0.15, 0.2) is 0 Å². The predicted molar refractivity (Wildman–Crippen MR) is 117 cm³/mol. The van der Waals surface area contributed by atoms with Crippen LogP contribution in [0, 0.1) is 5.92 Å². The number of nitrogens with zero attached hydrogens (tertiary/aromatic N) is 2. The van der Waals surface area contributed by atoms with Gasteiger partial charge in [0.1, 0.15) is 5.60 Å². The van der Waals surface area contributed by atoms with Crippen LogP contribution >= 0.6 is 23.2 Å². The van der Waals surface area contributed by atoms with Gasteiger partial charge in [0, 0.05) is 18.3 Å². The second-order valence-corrected chi connectivity index (χ2v) is 9.84. The highest BCUT2D eigenvalue weighted by Gasteiger charge is 2.45. The van der Waals surface area contributed by atoms with Crippen molar-refractivity contribution in [2.75, 3.05) is 13.7 Å². The molecule has 2 heterocycles. The van der Waals surface area contributed by atoms with Crippen molar-refractivity contribution in [2.24, 2.45) is 11.1 Å². The van der Waals surface area contributed by atoms with Gasteiger partial charge in [-0.2, -0.15) is 0 Å². The molecule has 2 aliphatic rings. The molecule has 1 aromatic rings. The highest BCUT2D eigenvalue weighted by Crippen LogP contribution is 2.47. The minimum atomic E-state index is -0.525. The molecule has 2 unspecified atom stereocenters. The lowest BCUT2D eigenvalue weighted by Crippen LogP contribution is -2.45. The Hall–Kier alpha value is -1.30. The van der Waals surface area contributed by atoms with E-state index >= 15 is 0 Å². The van der Waals surface area contributed by atoms with E-state index in [0.29, 0.717) is 34.0 Å². The number of benzene rings is 1. The smallest absolute Gasteiger partial charge is 0.347 e. The number of carbonyl (C=O) groups is 1. The summed E-state index contributed by atoms with van der Waals surface area (Å²) in [5, 5.41) is 5.19. The summed E-state index contributed by atoms with van der Waals surface area (Å²) < 4.78 is 5.22. The SMILES string of the molecule is CN1C2CCC1[C@H](C/C=N/OCC(=O)OC(C)(C)C)[C@@H](c1ccc(Cl)c(Cl)c1)C2. The number of carbonyl (C=O) groups excluding carboxylic acids is 1. The molecule has 0 spiro atoms. The maximum Gasteiger partial charge on any atom is 0.347 e. The van der Waals surface area contributed by atoms with Crippen molar-refractivity contribution < 1.29 is 14.4 Å². The summed E-state index contributed by atoms with van der Waals surface area (Å²) >= 11 is 12.4. The van der Waals surface area contributed by atoms with E-state index in [4.69, 9.17) is 32.8 Å². The molecule has 29 heavy (non-hydrogen) atoms. The van der Waals surface area contributed by atoms with Crippen LogP contribution in [0.15, 0.2) is 23.4 Å². The number of esters is 1. The quantitative estimate of drug-likeness (QED) is 0.342. The van der Waals surface area contributed by atoms with E-state index in [9.17, 15) is 4.79 Å². The maximum atomic E-state index is 11.7. The molecule has 0 amide bonds. The number of hydrogen-bond donors (Lipinski definition) is 0. The maximum absolute atomic E-state index is 11.7. The van der Waals surface area contributed by atoms with Crippen molar-refractivity contribution >= 4 is 35.4 Å². The molecule has 1 aromatic carbocycles. The standard InChI is InChI=1S/C22H30Cl2N2O3/c1-22(2,3)29-21(27)13-28-25-10-9-16-17(12-15-6-8-20(16)26(15)4)14-5-7-18(23)19(24)11-14/h5,7,10-11,15-17,20H,6,8-9,12-13H2,1-4H3/b25-10+/t15?,16-,17-,20?/m1/s1. The third-order valence-electron chi connectivity index (χ3n) is 5.93. The Morgan fingerprint density at radius 2 is 2.03 bits per heavy atom. The van der Waals surface area contributed by atoms with Gasteiger partial charge >= 0.3 is 5.97 Å². The zero-order chi connectivity index (χ0) is 21.2. The van der Waals surface area contributed by atoms with E-state index in [0.717, 1.165) is 12.8 Å². The Morgan fingerprint density at radius 3 is 2.72 bits per heavy atom. The number of fused-ring (bicyclic) bond motifs is 2. The monoisotopic (exact) mass is 440 g/mol. The summed E-state index contributed by atoms with van der Waals surface area (Å²) in [5.74, 6) is 0.389.